The summed E-state index contributed by atoms with van der Waals surface area (Å²) < 4.78 is 19.3. The molecule has 2 N–H and O–H groups in total. The van der Waals surface area contributed by atoms with E-state index in [0.717, 1.165) is 6.07 Å². The Morgan fingerprint density at radius 3 is 2.70 bits per heavy atom. The van der Waals surface area contributed by atoms with E-state index in [4.69, 9.17) is 4.74 Å². The van der Waals surface area contributed by atoms with Crippen LogP contribution in [0.25, 0.3) is 0 Å². The molecule has 102 valence electrons. The monoisotopic (exact) mass is 274 g/mol. The normalized spacial score (nSPS) is 17.4. The molecule has 20 heavy (non-hydrogen) atoms. The largest absolute Gasteiger partial charge is 0.508 e. The summed E-state index contributed by atoms with van der Waals surface area (Å²) >= 11 is 0. The summed E-state index contributed by atoms with van der Waals surface area (Å²) in [5.74, 6) is -1.30. The molecule has 0 saturated heterocycles. The molecule has 0 fully saturated rings. The number of carbonyl (C=O) groups excluding carboxylic acids is 1. The molecule has 0 bridgehead atoms. The van der Waals surface area contributed by atoms with Crippen LogP contribution in [0.5, 0.6) is 17.2 Å². The number of hydrogen-bond donors (Lipinski definition) is 2. The lowest BCUT2D eigenvalue weighted by atomic mass is 9.95. The molecule has 2 aromatic rings. The highest BCUT2D eigenvalue weighted by molar-refractivity contribution is 6.02. The first-order chi connectivity index (χ1) is 9.56. The highest BCUT2D eigenvalue weighted by atomic mass is 19.1. The molecule has 1 atom stereocenters. The van der Waals surface area contributed by atoms with E-state index in [1.54, 1.807) is 18.2 Å². The van der Waals surface area contributed by atoms with Crippen molar-refractivity contribution >= 4 is 5.78 Å². The Morgan fingerprint density at radius 1 is 1.20 bits per heavy atom. The van der Waals surface area contributed by atoms with Crippen molar-refractivity contribution in [3.05, 3.63) is 53.3 Å². The highest BCUT2D eigenvalue weighted by Crippen LogP contribution is 2.41. The Bertz CT molecular complexity index is 696. The topological polar surface area (TPSA) is 66.8 Å². The minimum absolute atomic E-state index is 0.0235. The molecule has 1 aliphatic rings. The summed E-state index contributed by atoms with van der Waals surface area (Å²) in [6.07, 6.45) is -0.830. The fourth-order valence-electron chi connectivity index (χ4n) is 2.33. The van der Waals surface area contributed by atoms with Crippen LogP contribution in [0.4, 0.5) is 4.39 Å². The number of phenolic OH excluding ortho intramolecular Hbond substituents is 2. The number of aromatic hydroxyl groups is 2. The molecule has 0 amide bonds. The van der Waals surface area contributed by atoms with Gasteiger partial charge in [-0.2, -0.15) is 0 Å². The predicted molar refractivity (Wildman–Crippen MR) is 68.5 cm³/mol. The van der Waals surface area contributed by atoms with Crippen LogP contribution < -0.4 is 4.74 Å². The number of Topliss-reactive ketones (excluding diaryl/α,β-unsaturated/α-hetero) is 1. The third-order valence-corrected chi connectivity index (χ3v) is 3.24. The summed E-state index contributed by atoms with van der Waals surface area (Å²) in [5, 5.41) is 19.1. The number of halogens is 1. The lowest BCUT2D eigenvalue weighted by molar-refractivity contribution is 0.0840. The summed E-state index contributed by atoms with van der Waals surface area (Å²) in [6, 6.07) is 8.35. The van der Waals surface area contributed by atoms with Crippen LogP contribution in [-0.2, 0) is 0 Å². The van der Waals surface area contributed by atoms with Gasteiger partial charge in [-0.15, -0.1) is 0 Å². The van der Waals surface area contributed by atoms with Crippen molar-refractivity contribution in [2.24, 2.45) is 0 Å². The van der Waals surface area contributed by atoms with E-state index in [2.05, 4.69) is 0 Å². The van der Waals surface area contributed by atoms with Crippen LogP contribution in [0, 0.1) is 5.82 Å². The highest BCUT2D eigenvalue weighted by Gasteiger charge is 2.31. The van der Waals surface area contributed by atoms with Crippen molar-refractivity contribution in [1.82, 2.24) is 0 Å². The summed E-state index contributed by atoms with van der Waals surface area (Å²) in [7, 11) is 0. The molecule has 1 aliphatic heterocycles. The van der Waals surface area contributed by atoms with Gasteiger partial charge in [0.2, 0.25) is 0 Å². The van der Waals surface area contributed by atoms with E-state index < -0.39 is 11.9 Å². The average Bonchev–Trinajstić information content (AvgIpc) is 2.37. The van der Waals surface area contributed by atoms with E-state index in [1.807, 2.05) is 0 Å². The maximum atomic E-state index is 13.7. The van der Waals surface area contributed by atoms with Crippen LogP contribution in [0.2, 0.25) is 0 Å². The second kappa shape index (κ2) is 4.52. The van der Waals surface area contributed by atoms with Gasteiger partial charge in [0, 0.05) is 17.7 Å². The Balaban J connectivity index is 2.05. The number of fused-ring (bicyclic) bond motifs is 1. The van der Waals surface area contributed by atoms with Crippen LogP contribution in [0.3, 0.4) is 0 Å². The minimum atomic E-state index is -0.766. The van der Waals surface area contributed by atoms with E-state index in [-0.39, 0.29) is 40.6 Å². The molecule has 0 aromatic heterocycles. The Kier molecular flexibility index (Phi) is 2.82. The third-order valence-electron chi connectivity index (χ3n) is 3.24. The van der Waals surface area contributed by atoms with Crippen LogP contribution in [0.1, 0.15) is 28.4 Å². The minimum Gasteiger partial charge on any atom is -0.508 e. The molecule has 5 heteroatoms. The number of ether oxygens (including phenoxy) is 1. The maximum absolute atomic E-state index is 13.7. The zero-order valence-electron chi connectivity index (χ0n) is 10.3. The molecule has 3 rings (SSSR count). The second-order valence-electron chi connectivity index (χ2n) is 4.59. The maximum Gasteiger partial charge on any atom is 0.174 e. The number of benzene rings is 2. The van der Waals surface area contributed by atoms with E-state index >= 15 is 0 Å². The lowest BCUT2D eigenvalue weighted by Gasteiger charge is -2.26. The predicted octanol–water partition coefficient (Wildman–Crippen LogP) is 2.94. The van der Waals surface area contributed by atoms with Gasteiger partial charge in [-0.05, 0) is 6.07 Å². The first kappa shape index (κ1) is 12.5. The van der Waals surface area contributed by atoms with Gasteiger partial charge in [0.25, 0.3) is 0 Å². The molecule has 1 heterocycles. The van der Waals surface area contributed by atoms with Gasteiger partial charge < -0.3 is 14.9 Å². The fraction of sp³-hybridized carbons (Fsp3) is 0.133. The van der Waals surface area contributed by atoms with Crippen LogP contribution in [-0.4, -0.2) is 16.0 Å². The molecule has 0 unspecified atom stereocenters. The van der Waals surface area contributed by atoms with E-state index in [0.29, 0.717) is 0 Å². The first-order valence-corrected chi connectivity index (χ1v) is 6.06. The molecular formula is C15H11FO4. The standard InChI is InChI=1S/C15H11FO4/c16-10-4-2-1-3-9(10)13-7-12(19)15-11(18)5-8(17)6-14(15)20-13/h1-6,13,17-18H,7H2/t13-/m0/s1. The van der Waals surface area contributed by atoms with Gasteiger partial charge in [-0.25, -0.2) is 4.39 Å². The van der Waals surface area contributed by atoms with Gasteiger partial charge in [0.1, 0.15) is 34.7 Å². The quantitative estimate of drug-likeness (QED) is 0.839. The van der Waals surface area contributed by atoms with Crippen molar-refractivity contribution in [3.8, 4) is 17.2 Å². The molecule has 4 nitrogen and oxygen atoms in total. The summed E-state index contributed by atoms with van der Waals surface area (Å²) in [5.41, 5.74) is 0.296. The number of carbonyl (C=O) groups is 1. The number of hydrogen-bond acceptors (Lipinski definition) is 4. The molecule has 0 aliphatic carbocycles. The SMILES string of the molecule is O=C1C[C@@H](c2ccccc2F)Oc2cc(O)cc(O)c21. The lowest BCUT2D eigenvalue weighted by Crippen LogP contribution is -2.21. The van der Waals surface area contributed by atoms with Gasteiger partial charge in [-0.3, -0.25) is 4.79 Å². The smallest absolute Gasteiger partial charge is 0.174 e. The van der Waals surface area contributed by atoms with Crippen molar-refractivity contribution in [2.75, 3.05) is 0 Å². The van der Waals surface area contributed by atoms with Gasteiger partial charge in [0.05, 0.1) is 6.42 Å². The van der Waals surface area contributed by atoms with Gasteiger partial charge in [0.15, 0.2) is 5.78 Å². The van der Waals surface area contributed by atoms with E-state index in [1.165, 1.54) is 12.1 Å². The zero-order valence-corrected chi connectivity index (χ0v) is 10.3. The number of ketones is 1. The molecule has 2 aromatic carbocycles. The fourth-order valence-corrected chi connectivity index (χ4v) is 2.33. The summed E-state index contributed by atoms with van der Waals surface area (Å²) in [4.78, 5) is 12.1. The van der Waals surface area contributed by atoms with Gasteiger partial charge >= 0.3 is 0 Å². The first-order valence-electron chi connectivity index (χ1n) is 6.06. The zero-order chi connectivity index (χ0) is 14.3. The Labute approximate surface area is 114 Å². The molecule has 0 spiro atoms. The Hall–Kier alpha value is -2.56. The van der Waals surface area contributed by atoms with Crippen LogP contribution in [0.15, 0.2) is 36.4 Å². The molecular weight excluding hydrogens is 263 g/mol. The second-order valence-corrected chi connectivity index (χ2v) is 4.59. The van der Waals surface area contributed by atoms with Crippen molar-refractivity contribution in [1.29, 1.82) is 0 Å². The van der Waals surface area contributed by atoms with Crippen molar-refractivity contribution in [2.45, 2.75) is 12.5 Å². The average molecular weight is 274 g/mol. The van der Waals surface area contributed by atoms with Crippen LogP contribution >= 0.6 is 0 Å². The third kappa shape index (κ3) is 1.97. The Morgan fingerprint density at radius 2 is 1.95 bits per heavy atom. The molecule has 0 radical (unpaired) electrons. The van der Waals surface area contributed by atoms with E-state index in [9.17, 15) is 19.4 Å². The van der Waals surface area contributed by atoms with Gasteiger partial charge in [-0.1, -0.05) is 18.2 Å². The summed E-state index contributed by atoms with van der Waals surface area (Å²) in [6.45, 7) is 0. The van der Waals surface area contributed by atoms with Crippen molar-refractivity contribution in [3.63, 3.8) is 0 Å². The number of rotatable bonds is 1. The molecule has 0 saturated carbocycles. The van der Waals surface area contributed by atoms with Crippen molar-refractivity contribution < 1.29 is 24.1 Å². The number of phenols is 2.